The van der Waals surface area contributed by atoms with Crippen molar-refractivity contribution >= 4 is 33.1 Å². The smallest absolute Gasteiger partial charge is 0.257 e. The first-order valence-electron chi connectivity index (χ1n) is 13.8. The fourth-order valence-electron chi connectivity index (χ4n) is 6.59. The largest absolute Gasteiger partial charge is 0.506 e. The molecular weight excluding hydrogens is 493 g/mol. The minimum absolute atomic E-state index is 0.142. The number of nitrogens with zero attached hydrogens (tertiary/aromatic N) is 3. The number of hydrogen-bond acceptors (Lipinski definition) is 5. The number of anilines is 1. The third kappa shape index (κ3) is 4.03. The maximum absolute atomic E-state index is 16.2. The number of halogens is 1. The van der Waals surface area contributed by atoms with E-state index in [1.165, 1.54) is 6.07 Å². The Morgan fingerprint density at radius 2 is 1.69 bits per heavy atom. The zero-order valence-corrected chi connectivity index (χ0v) is 22.2. The molecule has 0 atom stereocenters. The van der Waals surface area contributed by atoms with Gasteiger partial charge in [-0.15, -0.1) is 0 Å². The van der Waals surface area contributed by atoms with Gasteiger partial charge in [-0.05, 0) is 76.6 Å². The molecule has 0 bridgehead atoms. The van der Waals surface area contributed by atoms with E-state index < -0.39 is 0 Å². The molecular formula is C32H32FN3O3. The summed E-state index contributed by atoms with van der Waals surface area (Å²) in [6.07, 6.45) is 1.53. The first-order chi connectivity index (χ1) is 19.0. The number of aromatic hydroxyl groups is 1. The Kier molecular flexibility index (Phi) is 5.94. The number of benzene rings is 4. The van der Waals surface area contributed by atoms with Crippen molar-refractivity contribution in [3.8, 4) is 16.9 Å². The van der Waals surface area contributed by atoms with E-state index in [9.17, 15) is 9.90 Å². The summed E-state index contributed by atoms with van der Waals surface area (Å²) < 4.78 is 21.6. The number of phenolic OH excluding ortho intramolecular Hbond substituents is 1. The van der Waals surface area contributed by atoms with E-state index >= 15 is 4.39 Å². The third-order valence-corrected chi connectivity index (χ3v) is 8.62. The molecule has 200 valence electrons. The van der Waals surface area contributed by atoms with Gasteiger partial charge in [0.15, 0.2) is 0 Å². The molecule has 7 heteroatoms. The molecule has 2 fully saturated rings. The lowest BCUT2D eigenvalue weighted by atomic mass is 9.80. The Hall–Kier alpha value is -3.68. The van der Waals surface area contributed by atoms with Crippen LogP contribution >= 0.6 is 0 Å². The van der Waals surface area contributed by atoms with Crippen molar-refractivity contribution < 1.29 is 19.0 Å². The van der Waals surface area contributed by atoms with Gasteiger partial charge in [0, 0.05) is 44.5 Å². The van der Waals surface area contributed by atoms with Crippen LogP contribution < -0.4 is 4.90 Å². The standard InChI is InChI=1S/C32H32FN3O3/c1-34-7-4-8-35(10-9-34)30-25-17-22-15-20-5-2-3-6-21(20)16-23(22)24-18-27(32(38)36-11-13-39-14-12-36)31(37)26(29(24)25)19-28(30)33/h2-3,5-6,15-16,18-19,37H,4,7-14,17H2,1H3. The van der Waals surface area contributed by atoms with Crippen molar-refractivity contribution in [3.63, 3.8) is 0 Å². The zero-order valence-electron chi connectivity index (χ0n) is 22.2. The molecule has 1 amide bonds. The van der Waals surface area contributed by atoms with Crippen LogP contribution in [0.4, 0.5) is 10.1 Å². The second-order valence-electron chi connectivity index (χ2n) is 11.0. The molecule has 2 heterocycles. The van der Waals surface area contributed by atoms with Gasteiger partial charge in [-0.2, -0.15) is 0 Å². The van der Waals surface area contributed by atoms with E-state index in [0.717, 1.165) is 71.0 Å². The van der Waals surface area contributed by atoms with Crippen LogP contribution in [-0.4, -0.2) is 80.3 Å². The van der Waals surface area contributed by atoms with E-state index in [4.69, 9.17) is 4.74 Å². The van der Waals surface area contributed by atoms with Crippen LogP contribution in [0, 0.1) is 5.82 Å². The molecule has 0 radical (unpaired) electrons. The lowest BCUT2D eigenvalue weighted by Crippen LogP contribution is -2.40. The maximum Gasteiger partial charge on any atom is 0.257 e. The van der Waals surface area contributed by atoms with Crippen molar-refractivity contribution in [1.29, 1.82) is 0 Å². The molecule has 0 aromatic heterocycles. The quantitative estimate of drug-likeness (QED) is 0.351. The van der Waals surface area contributed by atoms with E-state index in [1.807, 2.05) is 18.2 Å². The average molecular weight is 526 g/mol. The van der Waals surface area contributed by atoms with E-state index in [2.05, 4.69) is 41.1 Å². The van der Waals surface area contributed by atoms with Gasteiger partial charge >= 0.3 is 0 Å². The van der Waals surface area contributed by atoms with Gasteiger partial charge in [0.2, 0.25) is 0 Å². The Morgan fingerprint density at radius 1 is 0.923 bits per heavy atom. The van der Waals surface area contributed by atoms with Crippen LogP contribution in [-0.2, 0) is 11.2 Å². The molecule has 39 heavy (non-hydrogen) atoms. The zero-order chi connectivity index (χ0) is 26.7. The van der Waals surface area contributed by atoms with Gasteiger partial charge in [-0.1, -0.05) is 30.3 Å². The van der Waals surface area contributed by atoms with Crippen molar-refractivity contribution in [2.24, 2.45) is 0 Å². The number of amides is 1. The number of rotatable bonds is 2. The topological polar surface area (TPSA) is 56.2 Å². The predicted octanol–water partition coefficient (Wildman–Crippen LogP) is 5.02. The van der Waals surface area contributed by atoms with Crippen molar-refractivity contribution in [1.82, 2.24) is 9.80 Å². The van der Waals surface area contributed by atoms with Crippen LogP contribution in [0.15, 0.2) is 48.5 Å². The van der Waals surface area contributed by atoms with Crippen LogP contribution in [0.5, 0.6) is 5.75 Å². The van der Waals surface area contributed by atoms with Gasteiger partial charge in [0.25, 0.3) is 5.91 Å². The highest BCUT2D eigenvalue weighted by atomic mass is 19.1. The van der Waals surface area contributed by atoms with Crippen LogP contribution in [0.2, 0.25) is 0 Å². The minimum Gasteiger partial charge on any atom is -0.506 e. The maximum atomic E-state index is 16.2. The van der Waals surface area contributed by atoms with Gasteiger partial charge in [0.05, 0.1) is 24.5 Å². The van der Waals surface area contributed by atoms with Gasteiger partial charge < -0.3 is 24.5 Å². The van der Waals surface area contributed by atoms with E-state index in [0.29, 0.717) is 43.8 Å². The summed E-state index contributed by atoms with van der Waals surface area (Å²) in [5.41, 5.74) is 4.77. The van der Waals surface area contributed by atoms with Crippen LogP contribution in [0.25, 0.3) is 32.7 Å². The number of ether oxygens (including phenoxy) is 1. The molecule has 6 nitrogen and oxygen atoms in total. The second kappa shape index (κ2) is 9.50. The summed E-state index contributed by atoms with van der Waals surface area (Å²) in [5.74, 6) is -0.733. The summed E-state index contributed by atoms with van der Waals surface area (Å²) in [5, 5.41) is 15.0. The lowest BCUT2D eigenvalue weighted by Gasteiger charge is -2.32. The molecule has 1 N–H and O–H groups in total. The highest BCUT2D eigenvalue weighted by molar-refractivity contribution is 6.13. The Labute approximate surface area is 227 Å². The summed E-state index contributed by atoms with van der Waals surface area (Å²) in [7, 11) is 2.11. The Bertz CT molecular complexity index is 1630. The van der Waals surface area contributed by atoms with E-state index in [1.54, 1.807) is 4.90 Å². The average Bonchev–Trinajstić information content (AvgIpc) is 3.17. The number of phenols is 1. The number of morpholine rings is 1. The summed E-state index contributed by atoms with van der Waals surface area (Å²) in [6, 6.07) is 15.9. The Balaban J connectivity index is 1.49. The van der Waals surface area contributed by atoms with Crippen molar-refractivity contribution in [2.75, 3.05) is 64.4 Å². The number of fused-ring (bicyclic) bond motifs is 3. The van der Waals surface area contributed by atoms with Gasteiger partial charge in [-0.3, -0.25) is 4.79 Å². The molecule has 4 aromatic carbocycles. The first kappa shape index (κ1) is 24.4. The summed E-state index contributed by atoms with van der Waals surface area (Å²) >= 11 is 0. The third-order valence-electron chi connectivity index (χ3n) is 8.62. The molecule has 0 unspecified atom stereocenters. The van der Waals surface area contributed by atoms with Crippen molar-refractivity contribution in [2.45, 2.75) is 12.8 Å². The number of hydrogen-bond donors (Lipinski definition) is 1. The molecule has 1 aliphatic carbocycles. The predicted molar refractivity (Wildman–Crippen MR) is 152 cm³/mol. The highest BCUT2D eigenvalue weighted by Crippen LogP contribution is 2.49. The fourth-order valence-corrected chi connectivity index (χ4v) is 6.59. The molecule has 0 spiro atoms. The monoisotopic (exact) mass is 525 g/mol. The Morgan fingerprint density at radius 3 is 2.49 bits per heavy atom. The van der Waals surface area contributed by atoms with Gasteiger partial charge in [-0.25, -0.2) is 4.39 Å². The molecule has 0 saturated carbocycles. The highest BCUT2D eigenvalue weighted by Gasteiger charge is 2.31. The lowest BCUT2D eigenvalue weighted by molar-refractivity contribution is 0.0301. The summed E-state index contributed by atoms with van der Waals surface area (Å²) in [4.78, 5) is 19.8. The molecule has 3 aliphatic rings. The first-order valence-corrected chi connectivity index (χ1v) is 13.8. The number of carbonyl (C=O) groups excluding carboxylic acids is 1. The molecule has 4 aromatic rings. The van der Waals surface area contributed by atoms with E-state index in [-0.39, 0.29) is 23.0 Å². The summed E-state index contributed by atoms with van der Waals surface area (Å²) in [6.45, 7) is 5.23. The molecule has 2 saturated heterocycles. The second-order valence-corrected chi connectivity index (χ2v) is 11.0. The molecule has 7 rings (SSSR count). The fraction of sp³-hybridized carbons (Fsp3) is 0.344. The van der Waals surface area contributed by atoms with Crippen molar-refractivity contribution in [3.05, 3.63) is 71.0 Å². The number of carbonyl (C=O) groups is 1. The minimum atomic E-state index is -0.344. The van der Waals surface area contributed by atoms with Crippen LogP contribution in [0.3, 0.4) is 0 Å². The molecule has 2 aliphatic heterocycles. The van der Waals surface area contributed by atoms with Crippen LogP contribution in [0.1, 0.15) is 27.9 Å². The SMILES string of the molecule is CN1CCCN(c2c(F)cc3c(O)c(C(=O)N4CCOCC4)cc4c3c2Cc2cc3ccccc3cc2-4)CC1. The normalized spacial score (nSPS) is 17.9. The number of likely N-dealkylation sites (N-methyl/N-ethyl adjacent to an activating group) is 1. The van der Waals surface area contributed by atoms with Gasteiger partial charge in [0.1, 0.15) is 11.6 Å².